The van der Waals surface area contributed by atoms with Crippen LogP contribution in [0.15, 0.2) is 30.3 Å². The van der Waals surface area contributed by atoms with E-state index in [0.717, 1.165) is 57.5 Å². The molecule has 28 heavy (non-hydrogen) atoms. The molecule has 1 amide bonds. The van der Waals surface area contributed by atoms with Gasteiger partial charge in [-0.3, -0.25) is 14.4 Å². The molecule has 1 saturated heterocycles. The van der Waals surface area contributed by atoms with Crippen LogP contribution in [0.3, 0.4) is 0 Å². The molecule has 0 spiro atoms. The van der Waals surface area contributed by atoms with Gasteiger partial charge in [0.25, 0.3) is 5.91 Å². The number of carbonyl (C=O) groups excluding carboxylic acids is 1. The third-order valence-electron chi connectivity index (χ3n) is 6.10. The van der Waals surface area contributed by atoms with E-state index in [4.69, 9.17) is 5.10 Å². The van der Waals surface area contributed by atoms with Crippen LogP contribution in [-0.4, -0.2) is 71.3 Å². The fraction of sp³-hybridized carbons (Fsp3) is 0.545. The molecule has 1 aromatic heterocycles. The van der Waals surface area contributed by atoms with Crippen molar-refractivity contribution in [3.05, 3.63) is 52.8 Å². The molecule has 2 heterocycles. The van der Waals surface area contributed by atoms with Crippen LogP contribution in [0.4, 0.5) is 0 Å². The molecule has 4 rings (SSSR count). The Bertz CT molecular complexity index is 808. The van der Waals surface area contributed by atoms with Gasteiger partial charge < -0.3 is 10.2 Å². The summed E-state index contributed by atoms with van der Waals surface area (Å²) in [5, 5.41) is 7.73. The molecule has 1 fully saturated rings. The Morgan fingerprint density at radius 1 is 1.18 bits per heavy atom. The largest absolute Gasteiger partial charge is 0.351 e. The van der Waals surface area contributed by atoms with Crippen molar-refractivity contribution in [2.75, 3.05) is 39.8 Å². The molecule has 0 radical (unpaired) electrons. The lowest BCUT2D eigenvalue weighted by Crippen LogP contribution is -2.50. The van der Waals surface area contributed by atoms with E-state index in [-0.39, 0.29) is 5.91 Å². The van der Waals surface area contributed by atoms with Crippen LogP contribution >= 0.6 is 0 Å². The minimum atomic E-state index is -0.0374. The van der Waals surface area contributed by atoms with Gasteiger partial charge in [0, 0.05) is 50.0 Å². The second-order valence-electron chi connectivity index (χ2n) is 8.01. The topological polar surface area (TPSA) is 53.4 Å². The van der Waals surface area contributed by atoms with E-state index in [1.165, 1.54) is 11.3 Å². The van der Waals surface area contributed by atoms with E-state index in [1.807, 2.05) is 13.0 Å². The number of nitrogens with zero attached hydrogens (tertiary/aromatic N) is 4. The van der Waals surface area contributed by atoms with Crippen molar-refractivity contribution in [3.63, 3.8) is 0 Å². The lowest BCUT2D eigenvalue weighted by atomic mass is 9.89. The molecule has 6 nitrogen and oxygen atoms in total. The number of aromatic nitrogens is 2. The average molecular weight is 382 g/mol. The van der Waals surface area contributed by atoms with Gasteiger partial charge in [-0.25, -0.2) is 0 Å². The molecule has 0 saturated carbocycles. The van der Waals surface area contributed by atoms with Gasteiger partial charge in [0.15, 0.2) is 5.69 Å². The number of carbonyl (C=O) groups is 1. The number of benzene rings is 1. The third-order valence-corrected chi connectivity index (χ3v) is 6.10. The Balaban J connectivity index is 1.60. The van der Waals surface area contributed by atoms with Crippen LogP contribution in [0, 0.1) is 0 Å². The maximum absolute atomic E-state index is 12.7. The smallest absolute Gasteiger partial charge is 0.272 e. The summed E-state index contributed by atoms with van der Waals surface area (Å²) in [4.78, 5) is 17.7. The Kier molecular flexibility index (Phi) is 5.78. The molecular formula is C22H31N5O. The summed E-state index contributed by atoms with van der Waals surface area (Å²) >= 11 is 0. The quantitative estimate of drug-likeness (QED) is 0.858. The van der Waals surface area contributed by atoms with Crippen molar-refractivity contribution in [3.8, 4) is 0 Å². The summed E-state index contributed by atoms with van der Waals surface area (Å²) in [5.74, 6) is -0.0374. The first kappa shape index (κ1) is 19.2. The molecule has 1 aliphatic carbocycles. The predicted molar refractivity (Wildman–Crippen MR) is 111 cm³/mol. The van der Waals surface area contributed by atoms with Gasteiger partial charge in [0.1, 0.15) is 0 Å². The highest BCUT2D eigenvalue weighted by molar-refractivity contribution is 5.94. The van der Waals surface area contributed by atoms with Crippen molar-refractivity contribution < 1.29 is 4.79 Å². The standard InChI is InChI=1S/C22H31N5O/c1-3-23-22(28)21-19-15-18(26-13-11-25(2)12-14-26)9-10-20(19)27(24-21)16-17-7-5-4-6-8-17/h4-8,18H,3,9-16H2,1-2H3,(H,23,28). The Hall–Kier alpha value is -2.18. The summed E-state index contributed by atoms with van der Waals surface area (Å²) < 4.78 is 2.06. The lowest BCUT2D eigenvalue weighted by molar-refractivity contribution is 0.0942. The van der Waals surface area contributed by atoms with Gasteiger partial charge in [0.2, 0.25) is 0 Å². The minimum absolute atomic E-state index is 0.0374. The van der Waals surface area contributed by atoms with Gasteiger partial charge >= 0.3 is 0 Å². The molecule has 1 aromatic carbocycles. The van der Waals surface area contributed by atoms with Gasteiger partial charge in [-0.15, -0.1) is 0 Å². The second kappa shape index (κ2) is 8.45. The van der Waals surface area contributed by atoms with E-state index >= 15 is 0 Å². The zero-order valence-electron chi connectivity index (χ0n) is 17.0. The van der Waals surface area contributed by atoms with Crippen LogP contribution in [-0.2, 0) is 19.4 Å². The van der Waals surface area contributed by atoms with Crippen molar-refractivity contribution in [2.24, 2.45) is 0 Å². The first-order chi connectivity index (χ1) is 13.7. The summed E-state index contributed by atoms with van der Waals surface area (Å²) in [7, 11) is 2.19. The van der Waals surface area contributed by atoms with Crippen molar-refractivity contribution >= 4 is 5.91 Å². The highest BCUT2D eigenvalue weighted by atomic mass is 16.1. The number of likely N-dealkylation sites (N-methyl/N-ethyl adjacent to an activating group) is 1. The van der Waals surface area contributed by atoms with Crippen molar-refractivity contribution in [2.45, 2.75) is 38.8 Å². The van der Waals surface area contributed by atoms with Gasteiger partial charge in [-0.2, -0.15) is 5.10 Å². The van der Waals surface area contributed by atoms with E-state index in [0.29, 0.717) is 18.3 Å². The molecule has 2 aliphatic rings. The van der Waals surface area contributed by atoms with Crippen molar-refractivity contribution in [1.29, 1.82) is 0 Å². The van der Waals surface area contributed by atoms with Crippen LogP contribution < -0.4 is 5.32 Å². The van der Waals surface area contributed by atoms with E-state index in [2.05, 4.69) is 51.1 Å². The van der Waals surface area contributed by atoms with Crippen LogP contribution in [0.2, 0.25) is 0 Å². The monoisotopic (exact) mass is 381 g/mol. The Labute approximate surface area is 167 Å². The normalized spacial score (nSPS) is 20.7. The van der Waals surface area contributed by atoms with E-state index < -0.39 is 0 Å². The highest BCUT2D eigenvalue weighted by Crippen LogP contribution is 2.28. The number of piperazine rings is 1. The van der Waals surface area contributed by atoms with Crippen LogP contribution in [0.1, 0.15) is 40.7 Å². The maximum Gasteiger partial charge on any atom is 0.272 e. The summed E-state index contributed by atoms with van der Waals surface area (Å²) in [6, 6.07) is 10.9. The van der Waals surface area contributed by atoms with Crippen LogP contribution in [0.5, 0.6) is 0 Å². The zero-order valence-corrected chi connectivity index (χ0v) is 17.0. The second-order valence-corrected chi connectivity index (χ2v) is 8.01. The Morgan fingerprint density at radius 3 is 2.64 bits per heavy atom. The first-order valence-corrected chi connectivity index (χ1v) is 10.5. The number of rotatable bonds is 5. The van der Waals surface area contributed by atoms with Crippen LogP contribution in [0.25, 0.3) is 0 Å². The molecule has 2 aromatic rings. The number of hydrogen-bond donors (Lipinski definition) is 1. The average Bonchev–Trinajstić information content (AvgIpc) is 3.07. The molecule has 1 aliphatic heterocycles. The molecule has 0 bridgehead atoms. The minimum Gasteiger partial charge on any atom is -0.351 e. The molecule has 1 atom stereocenters. The lowest BCUT2D eigenvalue weighted by Gasteiger charge is -2.39. The predicted octanol–water partition coefficient (Wildman–Crippen LogP) is 1.79. The van der Waals surface area contributed by atoms with Crippen molar-refractivity contribution in [1.82, 2.24) is 24.9 Å². The van der Waals surface area contributed by atoms with E-state index in [9.17, 15) is 4.79 Å². The van der Waals surface area contributed by atoms with E-state index in [1.54, 1.807) is 0 Å². The molecule has 6 heteroatoms. The number of hydrogen-bond acceptors (Lipinski definition) is 4. The molecule has 1 N–H and O–H groups in total. The van der Waals surface area contributed by atoms with Gasteiger partial charge in [-0.1, -0.05) is 30.3 Å². The maximum atomic E-state index is 12.7. The summed E-state index contributed by atoms with van der Waals surface area (Å²) in [6.45, 7) is 7.79. The SMILES string of the molecule is CCNC(=O)c1nn(Cc2ccccc2)c2c1CC(N1CCN(C)CC1)CC2. The van der Waals surface area contributed by atoms with Gasteiger partial charge in [-0.05, 0) is 38.8 Å². The first-order valence-electron chi connectivity index (χ1n) is 10.5. The third kappa shape index (κ3) is 3.98. The number of fused-ring (bicyclic) bond motifs is 1. The summed E-state index contributed by atoms with van der Waals surface area (Å²) in [5.41, 5.74) is 4.26. The molecular weight excluding hydrogens is 350 g/mol. The molecule has 150 valence electrons. The Morgan fingerprint density at radius 2 is 1.93 bits per heavy atom. The fourth-order valence-corrected chi connectivity index (χ4v) is 4.48. The fourth-order valence-electron chi connectivity index (χ4n) is 4.48. The number of nitrogens with one attached hydrogen (secondary N) is 1. The van der Waals surface area contributed by atoms with Gasteiger partial charge in [0.05, 0.1) is 6.54 Å². The zero-order chi connectivity index (χ0) is 19.5. The summed E-state index contributed by atoms with van der Waals surface area (Å²) in [6.07, 6.45) is 3.07. The molecule has 1 unspecified atom stereocenters. The number of amides is 1. The highest BCUT2D eigenvalue weighted by Gasteiger charge is 2.32.